The highest BCUT2D eigenvalue weighted by molar-refractivity contribution is 7.80. The number of hydrogen-bond donors (Lipinski definition) is 1. The number of rotatable bonds is 5. The van der Waals surface area contributed by atoms with E-state index in [-0.39, 0.29) is 12.1 Å². The molecule has 0 aliphatic carbocycles. The van der Waals surface area contributed by atoms with Crippen LogP contribution in [0, 0.1) is 6.92 Å². The predicted octanol–water partition coefficient (Wildman–Crippen LogP) is 5.70. The van der Waals surface area contributed by atoms with E-state index >= 15 is 0 Å². The van der Waals surface area contributed by atoms with Gasteiger partial charge in [-0.3, -0.25) is 4.98 Å². The Morgan fingerprint density at radius 1 is 0.938 bits per heavy atom. The highest BCUT2D eigenvalue weighted by atomic mass is 32.1. The Morgan fingerprint density at radius 2 is 1.72 bits per heavy atom. The Morgan fingerprint density at radius 3 is 2.41 bits per heavy atom. The van der Waals surface area contributed by atoms with Gasteiger partial charge < -0.3 is 19.5 Å². The fraction of sp³-hybridized carbons (Fsp3) is 0.154. The Bertz CT molecular complexity index is 1240. The first-order valence-electron chi connectivity index (χ1n) is 10.6. The van der Waals surface area contributed by atoms with Crippen LogP contribution < -0.4 is 15.0 Å². The van der Waals surface area contributed by atoms with Crippen molar-refractivity contribution in [3.8, 4) is 11.5 Å². The van der Waals surface area contributed by atoms with E-state index in [4.69, 9.17) is 17.0 Å². The van der Waals surface area contributed by atoms with Gasteiger partial charge in [0.1, 0.15) is 17.5 Å². The largest absolute Gasteiger partial charge is 0.457 e. The minimum Gasteiger partial charge on any atom is -0.457 e. The molecule has 32 heavy (non-hydrogen) atoms. The molecular weight excluding hydrogens is 416 g/mol. The summed E-state index contributed by atoms with van der Waals surface area (Å²) in [6, 6.07) is 26.2. The smallest absolute Gasteiger partial charge is 0.174 e. The summed E-state index contributed by atoms with van der Waals surface area (Å²) in [5.74, 6) is 1.65. The van der Waals surface area contributed by atoms with Crippen molar-refractivity contribution >= 4 is 23.0 Å². The van der Waals surface area contributed by atoms with Crippen LogP contribution in [0.2, 0.25) is 0 Å². The van der Waals surface area contributed by atoms with Crippen molar-refractivity contribution in [1.29, 1.82) is 0 Å². The lowest BCUT2D eigenvalue weighted by Crippen LogP contribution is -2.30. The second kappa shape index (κ2) is 8.48. The number of ether oxygens (including phenoxy) is 1. The van der Waals surface area contributed by atoms with Gasteiger partial charge in [-0.15, -0.1) is 0 Å². The van der Waals surface area contributed by atoms with E-state index < -0.39 is 0 Å². The monoisotopic (exact) mass is 440 g/mol. The molecule has 1 saturated heterocycles. The highest BCUT2D eigenvalue weighted by Gasteiger charge is 2.41. The summed E-state index contributed by atoms with van der Waals surface area (Å²) < 4.78 is 8.22. The molecule has 1 fully saturated rings. The third kappa shape index (κ3) is 3.74. The number of thiocarbonyl (C=S) groups is 1. The number of anilines is 1. The van der Waals surface area contributed by atoms with Crippen molar-refractivity contribution in [3.63, 3.8) is 0 Å². The van der Waals surface area contributed by atoms with Crippen LogP contribution in [-0.4, -0.2) is 14.7 Å². The lowest BCUT2D eigenvalue weighted by atomic mass is 10.0. The number of nitrogens with zero attached hydrogens (tertiary/aromatic N) is 3. The summed E-state index contributed by atoms with van der Waals surface area (Å²) in [5, 5.41) is 4.18. The van der Waals surface area contributed by atoms with Gasteiger partial charge in [-0.1, -0.05) is 24.3 Å². The van der Waals surface area contributed by atoms with Gasteiger partial charge >= 0.3 is 0 Å². The van der Waals surface area contributed by atoms with E-state index in [1.54, 1.807) is 0 Å². The van der Waals surface area contributed by atoms with E-state index in [0.717, 1.165) is 34.1 Å². The lowest BCUT2D eigenvalue weighted by molar-refractivity contribution is 0.479. The Kier molecular flexibility index (Phi) is 5.37. The SMILES string of the molecule is Cc1ccccc1Oc1ccc(N2C(=S)N[C@@H](c3ccccn3)[C@@H]2c2cccn2C)cc1. The molecule has 0 radical (unpaired) electrons. The molecule has 4 aromatic rings. The lowest BCUT2D eigenvalue weighted by Gasteiger charge is -2.28. The minimum atomic E-state index is -0.0554. The van der Waals surface area contributed by atoms with Gasteiger partial charge in [-0.25, -0.2) is 0 Å². The van der Waals surface area contributed by atoms with Crippen molar-refractivity contribution in [1.82, 2.24) is 14.9 Å². The summed E-state index contributed by atoms with van der Waals surface area (Å²) >= 11 is 5.80. The summed E-state index contributed by atoms with van der Waals surface area (Å²) in [7, 11) is 2.06. The molecule has 2 aromatic carbocycles. The van der Waals surface area contributed by atoms with Gasteiger partial charge in [0.2, 0.25) is 0 Å². The summed E-state index contributed by atoms with van der Waals surface area (Å²) in [4.78, 5) is 6.77. The number of hydrogen-bond acceptors (Lipinski definition) is 3. The molecule has 0 saturated carbocycles. The van der Waals surface area contributed by atoms with Crippen molar-refractivity contribution in [3.05, 3.63) is 108 Å². The van der Waals surface area contributed by atoms with E-state index in [9.17, 15) is 0 Å². The molecule has 0 bridgehead atoms. The fourth-order valence-electron chi connectivity index (χ4n) is 4.19. The maximum absolute atomic E-state index is 6.08. The quantitative estimate of drug-likeness (QED) is 0.403. The number of para-hydroxylation sites is 1. The molecule has 0 spiro atoms. The molecular formula is C26H24N4OS. The maximum Gasteiger partial charge on any atom is 0.174 e. The van der Waals surface area contributed by atoms with Crippen LogP contribution in [0.15, 0.2) is 91.3 Å². The zero-order valence-corrected chi connectivity index (χ0v) is 18.8. The molecule has 5 rings (SSSR count). The third-order valence-electron chi connectivity index (χ3n) is 5.82. The maximum atomic E-state index is 6.08. The molecule has 1 N–H and O–H groups in total. The van der Waals surface area contributed by atoms with Gasteiger partial charge in [0.25, 0.3) is 0 Å². The van der Waals surface area contributed by atoms with Gasteiger partial charge in [0, 0.05) is 30.8 Å². The normalized spacial score (nSPS) is 17.9. The van der Waals surface area contributed by atoms with Gasteiger partial charge in [0.05, 0.1) is 11.7 Å². The molecule has 0 unspecified atom stereocenters. The molecule has 160 valence electrons. The van der Waals surface area contributed by atoms with Crippen LogP contribution >= 0.6 is 12.2 Å². The van der Waals surface area contributed by atoms with Crippen LogP contribution in [0.3, 0.4) is 0 Å². The van der Waals surface area contributed by atoms with Crippen molar-refractivity contribution in [2.24, 2.45) is 7.05 Å². The van der Waals surface area contributed by atoms with Gasteiger partial charge in [-0.2, -0.15) is 0 Å². The zero-order valence-electron chi connectivity index (χ0n) is 18.0. The van der Waals surface area contributed by atoms with Crippen molar-refractivity contribution in [2.75, 3.05) is 4.90 Å². The van der Waals surface area contributed by atoms with Gasteiger partial charge in [0.15, 0.2) is 5.11 Å². The summed E-state index contributed by atoms with van der Waals surface area (Å²) in [5.41, 5.74) is 4.23. The minimum absolute atomic E-state index is 0.0273. The fourth-order valence-corrected chi connectivity index (χ4v) is 4.53. The number of pyridine rings is 1. The second-order valence-corrected chi connectivity index (χ2v) is 8.29. The highest BCUT2D eigenvalue weighted by Crippen LogP contribution is 2.41. The van der Waals surface area contributed by atoms with Crippen molar-refractivity contribution in [2.45, 2.75) is 19.0 Å². The standard InChI is InChI=1S/C26H24N4OS/c1-18-8-3-4-11-23(18)31-20-14-12-19(13-15-20)30-25(22-10-7-17-29(22)2)24(28-26(30)32)21-9-5-6-16-27-21/h3-17,24-25H,1-2H3,(H,28,32)/t24-,25-/m0/s1. The second-order valence-electron chi connectivity index (χ2n) is 7.90. The molecule has 1 aliphatic heterocycles. The first kappa shape index (κ1) is 20.3. The van der Waals surface area contributed by atoms with Crippen LogP contribution in [0.25, 0.3) is 0 Å². The third-order valence-corrected chi connectivity index (χ3v) is 6.14. The number of aryl methyl sites for hydroxylation is 2. The van der Waals surface area contributed by atoms with Crippen LogP contribution in [0.4, 0.5) is 5.69 Å². The number of nitrogens with one attached hydrogen (secondary N) is 1. The van der Waals surface area contributed by atoms with E-state index in [2.05, 4.69) is 57.3 Å². The van der Waals surface area contributed by atoms with Crippen LogP contribution in [0.5, 0.6) is 11.5 Å². The first-order chi connectivity index (χ1) is 15.6. The molecule has 0 amide bonds. The van der Waals surface area contributed by atoms with Crippen LogP contribution in [-0.2, 0) is 7.05 Å². The topological polar surface area (TPSA) is 42.3 Å². The molecule has 2 atom stereocenters. The zero-order chi connectivity index (χ0) is 22.1. The summed E-state index contributed by atoms with van der Waals surface area (Å²) in [6.45, 7) is 2.04. The average molecular weight is 441 g/mol. The van der Waals surface area contributed by atoms with Gasteiger partial charge in [-0.05, 0) is 79.3 Å². The average Bonchev–Trinajstić information content (AvgIpc) is 3.39. The Balaban J connectivity index is 1.49. The molecule has 3 heterocycles. The predicted molar refractivity (Wildman–Crippen MR) is 131 cm³/mol. The summed E-state index contributed by atoms with van der Waals surface area (Å²) in [6.07, 6.45) is 3.88. The molecule has 6 heteroatoms. The molecule has 1 aliphatic rings. The van der Waals surface area contributed by atoms with E-state index in [1.165, 1.54) is 0 Å². The van der Waals surface area contributed by atoms with E-state index in [1.807, 2.05) is 67.7 Å². The molecule has 2 aromatic heterocycles. The van der Waals surface area contributed by atoms with Crippen molar-refractivity contribution < 1.29 is 4.74 Å². The molecule has 5 nitrogen and oxygen atoms in total. The number of benzene rings is 2. The Labute approximate surface area is 193 Å². The Hall–Kier alpha value is -3.64. The van der Waals surface area contributed by atoms with Crippen LogP contribution in [0.1, 0.15) is 29.0 Å². The van der Waals surface area contributed by atoms with E-state index in [0.29, 0.717) is 5.11 Å². The number of aromatic nitrogens is 2. The first-order valence-corrected chi connectivity index (χ1v) is 11.0.